The molecule has 182 valence electrons. The van der Waals surface area contributed by atoms with Gasteiger partial charge in [-0.05, 0) is 38.7 Å². The lowest BCUT2D eigenvalue weighted by molar-refractivity contribution is 0.315. The monoisotopic (exact) mass is 525 g/mol. The summed E-state index contributed by atoms with van der Waals surface area (Å²) in [6.07, 6.45) is 1.01. The van der Waals surface area contributed by atoms with Gasteiger partial charge in [-0.25, -0.2) is 17.8 Å². The van der Waals surface area contributed by atoms with Crippen LogP contribution >= 0.6 is 22.9 Å². The number of rotatable bonds is 8. The molecule has 0 unspecified atom stereocenters. The molecule has 8 nitrogen and oxygen atoms in total. The molecule has 2 aromatic carbocycles. The number of sulfonamides is 1. The Morgan fingerprint density at radius 2 is 2.06 bits per heavy atom. The van der Waals surface area contributed by atoms with Crippen molar-refractivity contribution in [2.24, 2.45) is 0 Å². The molecule has 2 N–H and O–H groups in total. The fourth-order valence-electron chi connectivity index (χ4n) is 3.82. The predicted octanol–water partition coefficient (Wildman–Crippen LogP) is 4.63. The van der Waals surface area contributed by atoms with Gasteiger partial charge in [-0.1, -0.05) is 11.6 Å². The molecule has 1 atom stereocenters. The van der Waals surface area contributed by atoms with Gasteiger partial charge < -0.3 is 19.9 Å². The number of anilines is 4. The number of ether oxygens (including phenoxy) is 1. The van der Waals surface area contributed by atoms with E-state index in [2.05, 4.69) is 38.9 Å². The maximum Gasteiger partial charge on any atom is 0.266 e. The molecular weight excluding hydrogens is 501 g/mol. The fraction of sp³-hybridized carbons (Fsp3) is 0.318. The molecule has 4 rings (SSSR count). The summed E-state index contributed by atoms with van der Waals surface area (Å²) >= 11 is 7.61. The van der Waals surface area contributed by atoms with Crippen molar-refractivity contribution in [3.63, 3.8) is 0 Å². The van der Waals surface area contributed by atoms with Crippen molar-refractivity contribution in [3.05, 3.63) is 52.1 Å². The molecule has 2 heterocycles. The maximum absolute atomic E-state index is 14.9. The van der Waals surface area contributed by atoms with Crippen LogP contribution < -0.4 is 19.7 Å². The first kappa shape index (κ1) is 24.5. The topological polar surface area (TPSA) is 86.8 Å². The Balaban J connectivity index is 1.64. The number of likely N-dealkylation sites (N-methyl/N-ethyl adjacent to an activating group) is 1. The number of methoxy groups -OCH3 is 1. The number of hydrogen-bond acceptors (Lipinski definition) is 8. The molecule has 0 spiro atoms. The Hall–Kier alpha value is -2.60. The lowest BCUT2D eigenvalue weighted by Gasteiger charge is -2.25. The van der Waals surface area contributed by atoms with Gasteiger partial charge >= 0.3 is 0 Å². The van der Waals surface area contributed by atoms with Crippen molar-refractivity contribution < 1.29 is 17.5 Å². The van der Waals surface area contributed by atoms with E-state index in [9.17, 15) is 12.8 Å². The third-order valence-corrected chi connectivity index (χ3v) is 7.96. The van der Waals surface area contributed by atoms with E-state index < -0.39 is 20.7 Å². The molecule has 1 aliphatic heterocycles. The van der Waals surface area contributed by atoms with Gasteiger partial charge in [0.25, 0.3) is 10.0 Å². The molecule has 34 heavy (non-hydrogen) atoms. The third kappa shape index (κ3) is 5.22. The number of hydrogen-bond donors (Lipinski definition) is 2. The van der Waals surface area contributed by atoms with E-state index in [1.165, 1.54) is 22.2 Å². The molecule has 0 amide bonds. The van der Waals surface area contributed by atoms with Gasteiger partial charge in [0.15, 0.2) is 5.82 Å². The highest BCUT2D eigenvalue weighted by atomic mass is 35.5. The molecule has 12 heteroatoms. The molecule has 1 aromatic heterocycles. The lowest BCUT2D eigenvalue weighted by atomic mass is 10.2. The van der Waals surface area contributed by atoms with Crippen molar-refractivity contribution in [2.45, 2.75) is 17.4 Å². The van der Waals surface area contributed by atoms with Crippen LogP contribution in [-0.2, 0) is 10.0 Å². The average molecular weight is 526 g/mol. The van der Waals surface area contributed by atoms with Gasteiger partial charge in [0, 0.05) is 36.6 Å². The van der Waals surface area contributed by atoms with Crippen LogP contribution in [0.2, 0.25) is 5.02 Å². The summed E-state index contributed by atoms with van der Waals surface area (Å²) in [5, 5.41) is 4.75. The minimum absolute atomic E-state index is 0.0643. The lowest BCUT2D eigenvalue weighted by Crippen LogP contribution is -2.31. The highest BCUT2D eigenvalue weighted by molar-refractivity contribution is 7.92. The molecule has 0 radical (unpaired) electrons. The van der Waals surface area contributed by atoms with Crippen LogP contribution in [0.3, 0.4) is 0 Å². The summed E-state index contributed by atoms with van der Waals surface area (Å²) in [6, 6.07) is 8.13. The Bertz CT molecular complexity index is 1270. The van der Waals surface area contributed by atoms with Crippen molar-refractivity contribution in [2.75, 3.05) is 49.2 Å². The molecule has 0 aliphatic carbocycles. The Morgan fingerprint density at radius 3 is 2.71 bits per heavy atom. The average Bonchev–Trinajstić information content (AvgIpc) is 3.48. The van der Waals surface area contributed by atoms with Crippen LogP contribution in [0.15, 0.2) is 46.1 Å². The van der Waals surface area contributed by atoms with Gasteiger partial charge in [0.1, 0.15) is 16.5 Å². The van der Waals surface area contributed by atoms with E-state index >= 15 is 0 Å². The number of benzene rings is 2. The van der Waals surface area contributed by atoms with Crippen molar-refractivity contribution in [1.82, 2.24) is 9.88 Å². The first-order chi connectivity index (χ1) is 16.2. The van der Waals surface area contributed by atoms with Gasteiger partial charge in [-0.2, -0.15) is 0 Å². The summed E-state index contributed by atoms with van der Waals surface area (Å²) in [6.45, 7) is 1.68. The second kappa shape index (κ2) is 9.95. The standard InChI is InChI=1S/C22H25ClFN5O3S2/c1-28(2)14-6-7-29(11-14)20-8-15(32-3)4-5-18(20)26-19-10-17(24)21(9-16(19)23)34(30,31)27-22-12-33-13-25-22/h4-5,8-10,12-14,26-27H,6-7,11H2,1-3H3/t14-/m0/s1. The van der Waals surface area contributed by atoms with E-state index in [4.69, 9.17) is 16.3 Å². The van der Waals surface area contributed by atoms with E-state index in [1.807, 2.05) is 12.1 Å². The number of nitrogens with zero attached hydrogens (tertiary/aromatic N) is 3. The smallest absolute Gasteiger partial charge is 0.266 e. The summed E-state index contributed by atoms with van der Waals surface area (Å²) < 4.78 is 47.9. The summed E-state index contributed by atoms with van der Waals surface area (Å²) in [4.78, 5) is 7.74. The largest absolute Gasteiger partial charge is 0.497 e. The predicted molar refractivity (Wildman–Crippen MR) is 135 cm³/mol. The summed E-state index contributed by atoms with van der Waals surface area (Å²) in [5.41, 5.74) is 3.32. The van der Waals surface area contributed by atoms with Crippen LogP contribution in [-0.4, -0.2) is 58.6 Å². The zero-order valence-electron chi connectivity index (χ0n) is 18.9. The Morgan fingerprint density at radius 1 is 1.26 bits per heavy atom. The van der Waals surface area contributed by atoms with Crippen LogP contribution in [0.4, 0.5) is 27.3 Å². The minimum atomic E-state index is -4.19. The zero-order chi connectivity index (χ0) is 24.5. The van der Waals surface area contributed by atoms with Crippen LogP contribution in [0.1, 0.15) is 6.42 Å². The highest BCUT2D eigenvalue weighted by Crippen LogP contribution is 2.38. The summed E-state index contributed by atoms with van der Waals surface area (Å²) in [5.74, 6) is -0.119. The van der Waals surface area contributed by atoms with E-state index in [0.29, 0.717) is 17.5 Å². The number of thiazole rings is 1. The number of halogens is 2. The Kier molecular flexibility index (Phi) is 7.17. The SMILES string of the molecule is COc1ccc(Nc2cc(F)c(S(=O)(=O)Nc3cscn3)cc2Cl)c(N2CC[C@H](N(C)C)C2)c1. The molecule has 0 bridgehead atoms. The molecule has 0 saturated carbocycles. The minimum Gasteiger partial charge on any atom is -0.497 e. The number of nitrogens with one attached hydrogen (secondary N) is 2. The quantitative estimate of drug-likeness (QED) is 0.443. The van der Waals surface area contributed by atoms with Crippen LogP contribution in [0.25, 0.3) is 0 Å². The maximum atomic E-state index is 14.9. The molecule has 1 saturated heterocycles. The summed E-state index contributed by atoms with van der Waals surface area (Å²) in [7, 11) is 1.52. The first-order valence-corrected chi connectivity index (χ1v) is 13.2. The van der Waals surface area contributed by atoms with Crippen LogP contribution in [0, 0.1) is 5.82 Å². The second-order valence-corrected chi connectivity index (χ2v) is 10.9. The van der Waals surface area contributed by atoms with Crippen molar-refractivity contribution in [3.8, 4) is 5.75 Å². The normalized spacial score (nSPS) is 16.2. The van der Waals surface area contributed by atoms with Gasteiger partial charge in [-0.3, -0.25) is 4.72 Å². The third-order valence-electron chi connectivity index (χ3n) is 5.69. The first-order valence-electron chi connectivity index (χ1n) is 10.4. The highest BCUT2D eigenvalue weighted by Gasteiger charge is 2.27. The zero-order valence-corrected chi connectivity index (χ0v) is 21.3. The van der Waals surface area contributed by atoms with Crippen molar-refractivity contribution >= 4 is 55.8 Å². The molecule has 1 fully saturated rings. The van der Waals surface area contributed by atoms with E-state index in [0.717, 1.165) is 37.3 Å². The van der Waals surface area contributed by atoms with E-state index in [-0.39, 0.29) is 16.5 Å². The second-order valence-electron chi connectivity index (χ2n) is 8.10. The van der Waals surface area contributed by atoms with Crippen LogP contribution in [0.5, 0.6) is 5.75 Å². The van der Waals surface area contributed by atoms with E-state index in [1.54, 1.807) is 13.2 Å². The molecular formula is C22H25ClFN5O3S2. The molecule has 3 aromatic rings. The number of aromatic nitrogens is 1. The fourth-order valence-corrected chi connectivity index (χ4v) is 5.74. The Labute approximate surface area is 207 Å². The van der Waals surface area contributed by atoms with Gasteiger partial charge in [-0.15, -0.1) is 11.3 Å². The van der Waals surface area contributed by atoms with Gasteiger partial charge in [0.05, 0.1) is 34.7 Å². The molecule has 1 aliphatic rings. The van der Waals surface area contributed by atoms with Gasteiger partial charge in [0.2, 0.25) is 0 Å². The van der Waals surface area contributed by atoms with Crippen molar-refractivity contribution in [1.29, 1.82) is 0 Å².